The Morgan fingerprint density at radius 1 is 1.16 bits per heavy atom. The number of aromatic nitrogens is 1. The van der Waals surface area contributed by atoms with Crippen LogP contribution in [-0.2, 0) is 11.2 Å². The largest absolute Gasteiger partial charge is 0.497 e. The van der Waals surface area contributed by atoms with Gasteiger partial charge in [-0.3, -0.25) is 9.78 Å². The van der Waals surface area contributed by atoms with Gasteiger partial charge in [-0.15, -0.1) is 0 Å². The van der Waals surface area contributed by atoms with E-state index >= 15 is 0 Å². The number of hydrogen-bond donors (Lipinski definition) is 0. The number of piperazine rings is 1. The minimum absolute atomic E-state index is 0.209. The fourth-order valence-electron chi connectivity index (χ4n) is 3.30. The van der Waals surface area contributed by atoms with Crippen molar-refractivity contribution >= 4 is 11.6 Å². The number of carbonyl (C=O) groups excluding carboxylic acids is 1. The first-order chi connectivity index (χ1) is 12.2. The first kappa shape index (κ1) is 17.3. The summed E-state index contributed by atoms with van der Waals surface area (Å²) in [6.07, 6.45) is 4.87. The molecular weight excluding hydrogens is 314 g/mol. The molecule has 1 aliphatic rings. The van der Waals surface area contributed by atoms with E-state index in [1.807, 2.05) is 29.2 Å². The molecule has 1 saturated heterocycles. The number of amides is 1. The number of methoxy groups -OCH3 is 1. The third-order valence-electron chi connectivity index (χ3n) is 4.76. The van der Waals surface area contributed by atoms with Crippen LogP contribution in [0.1, 0.15) is 18.9 Å². The van der Waals surface area contributed by atoms with Gasteiger partial charge in [0.25, 0.3) is 0 Å². The van der Waals surface area contributed by atoms with Crippen molar-refractivity contribution in [2.45, 2.75) is 25.8 Å². The molecule has 0 saturated carbocycles. The third kappa shape index (κ3) is 4.29. The minimum atomic E-state index is 0.209. The quantitative estimate of drug-likeness (QED) is 0.840. The number of pyridine rings is 1. The standard InChI is InChI=1S/C20H25N3O2/c1-16-15-22(18-4-6-19(25-2)7-5-18)13-14-23(16)20(24)8-3-17-9-11-21-12-10-17/h4-7,9-12,16H,3,8,13-15H2,1-2H3/t16-/m0/s1. The van der Waals surface area contributed by atoms with Crippen molar-refractivity contribution in [3.05, 3.63) is 54.4 Å². The summed E-state index contributed by atoms with van der Waals surface area (Å²) < 4.78 is 5.21. The summed E-state index contributed by atoms with van der Waals surface area (Å²) in [6.45, 7) is 4.60. The Bertz CT molecular complexity index is 688. The molecule has 2 heterocycles. The Morgan fingerprint density at radius 2 is 1.88 bits per heavy atom. The summed E-state index contributed by atoms with van der Waals surface area (Å²) in [7, 11) is 1.67. The number of carbonyl (C=O) groups is 1. The maximum Gasteiger partial charge on any atom is 0.223 e. The zero-order valence-electron chi connectivity index (χ0n) is 14.9. The molecule has 1 aromatic carbocycles. The molecule has 2 aromatic rings. The Hall–Kier alpha value is -2.56. The maximum atomic E-state index is 12.6. The van der Waals surface area contributed by atoms with Crippen LogP contribution in [0, 0.1) is 0 Å². The van der Waals surface area contributed by atoms with Crippen molar-refractivity contribution in [1.82, 2.24) is 9.88 Å². The highest BCUT2D eigenvalue weighted by atomic mass is 16.5. The van der Waals surface area contributed by atoms with Crippen LogP contribution in [0.3, 0.4) is 0 Å². The number of nitrogens with zero attached hydrogens (tertiary/aromatic N) is 3. The molecule has 1 aromatic heterocycles. The first-order valence-corrected chi connectivity index (χ1v) is 8.75. The topological polar surface area (TPSA) is 45.7 Å². The molecule has 0 spiro atoms. The van der Waals surface area contributed by atoms with E-state index in [1.165, 1.54) is 5.69 Å². The van der Waals surface area contributed by atoms with Crippen LogP contribution in [-0.4, -0.2) is 48.6 Å². The molecule has 5 heteroatoms. The lowest BCUT2D eigenvalue weighted by Gasteiger charge is -2.41. The number of rotatable bonds is 5. The second-order valence-corrected chi connectivity index (χ2v) is 6.44. The molecular formula is C20H25N3O2. The fourth-order valence-corrected chi connectivity index (χ4v) is 3.30. The first-order valence-electron chi connectivity index (χ1n) is 8.75. The second kappa shape index (κ2) is 8.01. The van der Waals surface area contributed by atoms with Crippen LogP contribution in [0.15, 0.2) is 48.8 Å². The highest BCUT2D eigenvalue weighted by molar-refractivity contribution is 5.77. The van der Waals surface area contributed by atoms with Crippen LogP contribution < -0.4 is 9.64 Å². The zero-order chi connectivity index (χ0) is 17.6. The highest BCUT2D eigenvalue weighted by Crippen LogP contribution is 2.22. The van der Waals surface area contributed by atoms with Crippen molar-refractivity contribution in [3.63, 3.8) is 0 Å². The van der Waals surface area contributed by atoms with Gasteiger partial charge in [-0.05, 0) is 55.3 Å². The van der Waals surface area contributed by atoms with Gasteiger partial charge in [0.1, 0.15) is 5.75 Å². The lowest BCUT2D eigenvalue weighted by atomic mass is 10.1. The van der Waals surface area contributed by atoms with Crippen molar-refractivity contribution in [2.75, 3.05) is 31.6 Å². The van der Waals surface area contributed by atoms with Gasteiger partial charge in [-0.2, -0.15) is 0 Å². The number of benzene rings is 1. The van der Waals surface area contributed by atoms with E-state index in [0.717, 1.165) is 37.4 Å². The molecule has 25 heavy (non-hydrogen) atoms. The minimum Gasteiger partial charge on any atom is -0.497 e. The van der Waals surface area contributed by atoms with Gasteiger partial charge >= 0.3 is 0 Å². The molecule has 1 fully saturated rings. The molecule has 1 atom stereocenters. The van der Waals surface area contributed by atoms with Gasteiger partial charge in [0.2, 0.25) is 5.91 Å². The van der Waals surface area contributed by atoms with Crippen LogP contribution in [0.4, 0.5) is 5.69 Å². The molecule has 0 aliphatic carbocycles. The summed E-state index contributed by atoms with van der Waals surface area (Å²) in [5.74, 6) is 1.10. The Balaban J connectivity index is 1.54. The second-order valence-electron chi connectivity index (χ2n) is 6.44. The lowest BCUT2D eigenvalue weighted by molar-refractivity contribution is -0.133. The number of aryl methyl sites for hydroxylation is 1. The van der Waals surface area contributed by atoms with Gasteiger partial charge in [0.05, 0.1) is 7.11 Å². The van der Waals surface area contributed by atoms with Crippen molar-refractivity contribution in [3.8, 4) is 5.75 Å². The predicted octanol–water partition coefficient (Wildman–Crippen LogP) is 2.76. The van der Waals surface area contributed by atoms with E-state index in [1.54, 1.807) is 19.5 Å². The smallest absolute Gasteiger partial charge is 0.223 e. The molecule has 0 N–H and O–H groups in total. The molecule has 0 radical (unpaired) electrons. The zero-order valence-corrected chi connectivity index (χ0v) is 14.9. The summed E-state index contributed by atoms with van der Waals surface area (Å²) >= 11 is 0. The van der Waals surface area contributed by atoms with Gasteiger partial charge in [-0.25, -0.2) is 0 Å². The normalized spacial score (nSPS) is 17.4. The van der Waals surface area contributed by atoms with Crippen molar-refractivity contribution in [1.29, 1.82) is 0 Å². The van der Waals surface area contributed by atoms with E-state index in [4.69, 9.17) is 4.74 Å². The highest BCUT2D eigenvalue weighted by Gasteiger charge is 2.27. The van der Waals surface area contributed by atoms with Gasteiger partial charge < -0.3 is 14.5 Å². The molecule has 1 amide bonds. The van der Waals surface area contributed by atoms with Gasteiger partial charge in [-0.1, -0.05) is 0 Å². The fraction of sp³-hybridized carbons (Fsp3) is 0.400. The van der Waals surface area contributed by atoms with Gasteiger partial charge in [0.15, 0.2) is 0 Å². The van der Waals surface area contributed by atoms with Gasteiger partial charge in [0, 0.05) is 50.2 Å². The average Bonchev–Trinajstić information content (AvgIpc) is 2.67. The predicted molar refractivity (Wildman–Crippen MR) is 98.9 cm³/mol. The number of hydrogen-bond acceptors (Lipinski definition) is 4. The Morgan fingerprint density at radius 3 is 2.52 bits per heavy atom. The van der Waals surface area contributed by atoms with Crippen LogP contribution in [0.2, 0.25) is 0 Å². The van der Waals surface area contributed by atoms with Crippen molar-refractivity contribution < 1.29 is 9.53 Å². The van der Waals surface area contributed by atoms with E-state index < -0.39 is 0 Å². The molecule has 3 rings (SSSR count). The molecule has 0 bridgehead atoms. The molecule has 132 valence electrons. The van der Waals surface area contributed by atoms with E-state index in [0.29, 0.717) is 6.42 Å². The van der Waals surface area contributed by atoms with E-state index in [-0.39, 0.29) is 11.9 Å². The number of anilines is 1. The van der Waals surface area contributed by atoms with Crippen LogP contribution in [0.5, 0.6) is 5.75 Å². The summed E-state index contributed by atoms with van der Waals surface area (Å²) in [5, 5.41) is 0. The van der Waals surface area contributed by atoms with Crippen LogP contribution >= 0.6 is 0 Å². The summed E-state index contributed by atoms with van der Waals surface area (Å²) in [4.78, 5) is 20.9. The van der Waals surface area contributed by atoms with E-state index in [2.05, 4.69) is 28.9 Å². The van der Waals surface area contributed by atoms with Crippen molar-refractivity contribution in [2.24, 2.45) is 0 Å². The molecule has 1 aliphatic heterocycles. The van der Waals surface area contributed by atoms with Crippen LogP contribution in [0.25, 0.3) is 0 Å². The molecule has 5 nitrogen and oxygen atoms in total. The lowest BCUT2D eigenvalue weighted by Crippen LogP contribution is -2.54. The summed E-state index contributed by atoms with van der Waals surface area (Å²) in [6, 6.07) is 12.3. The maximum absolute atomic E-state index is 12.6. The Kier molecular flexibility index (Phi) is 5.53. The average molecular weight is 339 g/mol. The molecule has 0 unspecified atom stereocenters. The Labute approximate surface area is 149 Å². The SMILES string of the molecule is COc1ccc(N2CCN(C(=O)CCc3ccncc3)[C@@H](C)C2)cc1. The summed E-state index contributed by atoms with van der Waals surface area (Å²) in [5.41, 5.74) is 2.34. The monoisotopic (exact) mass is 339 g/mol. The van der Waals surface area contributed by atoms with E-state index in [9.17, 15) is 4.79 Å². The number of ether oxygens (including phenoxy) is 1. The third-order valence-corrected chi connectivity index (χ3v) is 4.76.